The van der Waals surface area contributed by atoms with Crippen LogP contribution >= 0.6 is 15.9 Å². The highest BCUT2D eigenvalue weighted by Crippen LogP contribution is 2.27. The highest BCUT2D eigenvalue weighted by molar-refractivity contribution is 9.10. The predicted molar refractivity (Wildman–Crippen MR) is 111 cm³/mol. The van der Waals surface area contributed by atoms with Crippen LogP contribution in [0.1, 0.15) is 38.8 Å². The van der Waals surface area contributed by atoms with Crippen LogP contribution in [0, 0.1) is 0 Å². The van der Waals surface area contributed by atoms with Crippen LogP contribution in [0.15, 0.2) is 57.9 Å². The summed E-state index contributed by atoms with van der Waals surface area (Å²) in [6.07, 6.45) is 1.77. The minimum absolute atomic E-state index is 0.0184. The molecule has 0 aliphatic heterocycles. The van der Waals surface area contributed by atoms with Gasteiger partial charge < -0.3 is 4.74 Å². The summed E-state index contributed by atoms with van der Waals surface area (Å²) in [7, 11) is 0. The van der Waals surface area contributed by atoms with Gasteiger partial charge in [-0.2, -0.15) is 0 Å². The van der Waals surface area contributed by atoms with E-state index in [-0.39, 0.29) is 23.6 Å². The zero-order chi connectivity index (χ0) is 19.8. The molecule has 0 fully saturated rings. The minimum atomic E-state index is -0.364. The molecule has 0 N–H and O–H groups in total. The van der Waals surface area contributed by atoms with Crippen LogP contribution in [0.4, 0.5) is 0 Å². The molecule has 2 aromatic carbocycles. The molecule has 1 aromatic heterocycles. The maximum atomic E-state index is 13.1. The number of carbonyl (C=O) groups excluding carboxylic acids is 1. The number of pyridine rings is 1. The van der Waals surface area contributed by atoms with E-state index in [1.165, 1.54) is 12.5 Å². The van der Waals surface area contributed by atoms with Crippen molar-refractivity contribution in [1.82, 2.24) is 4.57 Å². The number of hydrogen-bond acceptors (Lipinski definition) is 3. The summed E-state index contributed by atoms with van der Waals surface area (Å²) >= 11 is 3.49. The standard InChI is InChI=1S/C22H22BrNO3/c1-14(25)27-13-18-19(23)6-5-7-20(18)24-11-10-15-12-16(22(2,3)4)8-9-17(15)21(24)26/h5-12H,13H2,1-4H3. The maximum Gasteiger partial charge on any atom is 0.302 e. The topological polar surface area (TPSA) is 48.3 Å². The van der Waals surface area contributed by atoms with E-state index in [2.05, 4.69) is 42.8 Å². The number of hydrogen-bond donors (Lipinski definition) is 0. The molecule has 5 heteroatoms. The quantitative estimate of drug-likeness (QED) is 0.545. The van der Waals surface area contributed by atoms with Crippen molar-refractivity contribution in [3.63, 3.8) is 0 Å². The lowest BCUT2D eigenvalue weighted by Crippen LogP contribution is -2.20. The number of fused-ring (bicyclic) bond motifs is 1. The molecule has 27 heavy (non-hydrogen) atoms. The van der Waals surface area contributed by atoms with Crippen molar-refractivity contribution >= 4 is 32.7 Å². The predicted octanol–water partition coefficient (Wildman–Crippen LogP) is 5.11. The number of benzene rings is 2. The van der Waals surface area contributed by atoms with Crippen LogP contribution in [-0.2, 0) is 21.6 Å². The van der Waals surface area contributed by atoms with Crippen LogP contribution in [0.5, 0.6) is 0 Å². The van der Waals surface area contributed by atoms with E-state index in [9.17, 15) is 9.59 Å². The molecular formula is C22H22BrNO3. The lowest BCUT2D eigenvalue weighted by atomic mass is 9.86. The second kappa shape index (κ2) is 7.31. The molecule has 0 spiro atoms. The van der Waals surface area contributed by atoms with E-state index < -0.39 is 0 Å². The second-order valence-corrected chi connectivity index (χ2v) is 8.42. The summed E-state index contributed by atoms with van der Waals surface area (Å²) in [5, 5.41) is 1.57. The third-order valence-corrected chi connectivity index (χ3v) is 5.29. The van der Waals surface area contributed by atoms with Gasteiger partial charge in [-0.1, -0.05) is 54.9 Å². The molecule has 0 aliphatic carbocycles. The van der Waals surface area contributed by atoms with Crippen LogP contribution in [0.3, 0.4) is 0 Å². The summed E-state index contributed by atoms with van der Waals surface area (Å²) in [5.41, 5.74) is 2.54. The third kappa shape index (κ3) is 3.98. The Kier molecular flexibility index (Phi) is 5.24. The van der Waals surface area contributed by atoms with Crippen molar-refractivity contribution in [2.45, 2.75) is 39.7 Å². The van der Waals surface area contributed by atoms with Gasteiger partial charge in [0, 0.05) is 28.5 Å². The SMILES string of the molecule is CC(=O)OCc1c(Br)cccc1-n1ccc2cc(C(C)(C)C)ccc2c1=O. The van der Waals surface area contributed by atoms with Crippen molar-refractivity contribution in [2.24, 2.45) is 0 Å². The Bertz CT molecular complexity index is 1080. The Morgan fingerprint density at radius 1 is 1.15 bits per heavy atom. The van der Waals surface area contributed by atoms with E-state index in [0.29, 0.717) is 11.1 Å². The maximum absolute atomic E-state index is 13.1. The first kappa shape index (κ1) is 19.4. The fraction of sp³-hybridized carbons (Fsp3) is 0.273. The van der Waals surface area contributed by atoms with Gasteiger partial charge in [0.2, 0.25) is 0 Å². The molecule has 0 bridgehead atoms. The molecule has 0 saturated carbocycles. The summed E-state index contributed by atoms with van der Waals surface area (Å²) in [6, 6.07) is 13.5. The minimum Gasteiger partial charge on any atom is -0.461 e. The van der Waals surface area contributed by atoms with Gasteiger partial charge in [-0.25, -0.2) is 0 Å². The number of rotatable bonds is 3. The number of ether oxygens (including phenoxy) is 1. The average Bonchev–Trinajstić information content (AvgIpc) is 2.60. The molecule has 0 radical (unpaired) electrons. The molecule has 0 saturated heterocycles. The zero-order valence-electron chi connectivity index (χ0n) is 15.9. The molecule has 3 aromatic rings. The number of esters is 1. The van der Waals surface area contributed by atoms with Crippen molar-refractivity contribution in [2.75, 3.05) is 0 Å². The van der Waals surface area contributed by atoms with Gasteiger partial charge in [-0.3, -0.25) is 14.2 Å². The molecular weight excluding hydrogens is 406 g/mol. The fourth-order valence-corrected chi connectivity index (χ4v) is 3.46. The first-order chi connectivity index (χ1) is 12.7. The Balaban J connectivity index is 2.16. The van der Waals surface area contributed by atoms with Crippen molar-refractivity contribution in [1.29, 1.82) is 0 Å². The Labute approximate surface area is 166 Å². The van der Waals surface area contributed by atoms with Gasteiger partial charge in [0.05, 0.1) is 5.69 Å². The monoisotopic (exact) mass is 427 g/mol. The molecule has 3 rings (SSSR count). The number of nitrogens with zero attached hydrogens (tertiary/aromatic N) is 1. The Morgan fingerprint density at radius 3 is 2.56 bits per heavy atom. The van der Waals surface area contributed by atoms with Crippen LogP contribution in [0.2, 0.25) is 0 Å². The first-order valence-electron chi connectivity index (χ1n) is 8.75. The van der Waals surface area contributed by atoms with Gasteiger partial charge in [-0.05, 0) is 40.6 Å². The second-order valence-electron chi connectivity index (χ2n) is 7.56. The van der Waals surface area contributed by atoms with Crippen molar-refractivity contribution < 1.29 is 9.53 Å². The van der Waals surface area contributed by atoms with E-state index in [4.69, 9.17) is 4.74 Å². The van der Waals surface area contributed by atoms with Gasteiger partial charge in [0.25, 0.3) is 5.56 Å². The first-order valence-corrected chi connectivity index (χ1v) is 9.55. The normalized spacial score (nSPS) is 11.6. The summed E-state index contributed by atoms with van der Waals surface area (Å²) < 4.78 is 7.56. The largest absolute Gasteiger partial charge is 0.461 e. The number of aromatic nitrogens is 1. The highest BCUT2D eigenvalue weighted by atomic mass is 79.9. The van der Waals surface area contributed by atoms with E-state index in [1.54, 1.807) is 10.8 Å². The number of halogens is 1. The van der Waals surface area contributed by atoms with E-state index in [1.807, 2.05) is 36.4 Å². The summed E-state index contributed by atoms with van der Waals surface area (Å²) in [6.45, 7) is 7.92. The summed E-state index contributed by atoms with van der Waals surface area (Å²) in [4.78, 5) is 24.4. The van der Waals surface area contributed by atoms with Gasteiger partial charge in [0.15, 0.2) is 0 Å². The summed E-state index contributed by atoms with van der Waals surface area (Å²) in [5.74, 6) is -0.364. The molecule has 1 heterocycles. The van der Waals surface area contributed by atoms with Crippen molar-refractivity contribution in [3.05, 3.63) is 74.6 Å². The third-order valence-electron chi connectivity index (χ3n) is 4.54. The molecule has 140 valence electrons. The Hall–Kier alpha value is -2.40. The van der Waals surface area contributed by atoms with Gasteiger partial charge in [-0.15, -0.1) is 0 Å². The molecule has 0 aliphatic rings. The average molecular weight is 428 g/mol. The Morgan fingerprint density at radius 2 is 1.89 bits per heavy atom. The van der Waals surface area contributed by atoms with Crippen molar-refractivity contribution in [3.8, 4) is 5.69 Å². The highest BCUT2D eigenvalue weighted by Gasteiger charge is 2.16. The smallest absolute Gasteiger partial charge is 0.302 e. The fourth-order valence-electron chi connectivity index (χ4n) is 2.99. The van der Waals surface area contributed by atoms with Crippen LogP contribution in [0.25, 0.3) is 16.5 Å². The zero-order valence-corrected chi connectivity index (χ0v) is 17.5. The van der Waals surface area contributed by atoms with Gasteiger partial charge >= 0.3 is 5.97 Å². The van der Waals surface area contributed by atoms with Crippen LogP contribution in [-0.4, -0.2) is 10.5 Å². The number of carbonyl (C=O) groups is 1. The van der Waals surface area contributed by atoms with E-state index in [0.717, 1.165) is 15.4 Å². The lowest BCUT2D eigenvalue weighted by Gasteiger charge is -2.20. The van der Waals surface area contributed by atoms with Crippen LogP contribution < -0.4 is 5.56 Å². The van der Waals surface area contributed by atoms with E-state index >= 15 is 0 Å². The molecule has 0 amide bonds. The molecule has 0 unspecified atom stereocenters. The van der Waals surface area contributed by atoms with Gasteiger partial charge in [0.1, 0.15) is 6.61 Å². The molecule has 4 nitrogen and oxygen atoms in total. The lowest BCUT2D eigenvalue weighted by molar-refractivity contribution is -0.142. The molecule has 0 atom stereocenters.